The van der Waals surface area contributed by atoms with Gasteiger partial charge in [-0.2, -0.15) is 0 Å². The van der Waals surface area contributed by atoms with Crippen LogP contribution < -0.4 is 5.32 Å². The van der Waals surface area contributed by atoms with Gasteiger partial charge in [0.2, 0.25) is 0 Å². The van der Waals surface area contributed by atoms with Gasteiger partial charge >= 0.3 is 0 Å². The minimum Gasteiger partial charge on any atom is -0.372 e. The number of rotatable bonds is 8. The van der Waals surface area contributed by atoms with Crippen molar-refractivity contribution in [1.29, 1.82) is 0 Å². The number of nitrogens with two attached hydrogens (primary N) is 1. The lowest BCUT2D eigenvalue weighted by Crippen LogP contribution is -2.86. The first-order valence-corrected chi connectivity index (χ1v) is 9.42. The van der Waals surface area contributed by atoms with Crippen LogP contribution in [0.15, 0.2) is 54.6 Å². The molecule has 0 radical (unpaired) electrons. The predicted octanol–water partition coefficient (Wildman–Crippen LogP) is 3.80. The van der Waals surface area contributed by atoms with Crippen LogP contribution in [-0.2, 0) is 11.2 Å². The highest BCUT2D eigenvalue weighted by molar-refractivity contribution is 6.30. The summed E-state index contributed by atoms with van der Waals surface area (Å²) < 4.78 is 5.71. The average Bonchev–Trinajstić information content (AvgIpc) is 3.13. The van der Waals surface area contributed by atoms with Gasteiger partial charge in [-0.05, 0) is 48.4 Å². The van der Waals surface area contributed by atoms with E-state index in [0.717, 1.165) is 31.1 Å². The molecule has 1 aliphatic heterocycles. The fourth-order valence-electron chi connectivity index (χ4n) is 3.47. The van der Waals surface area contributed by atoms with E-state index >= 15 is 0 Å². The van der Waals surface area contributed by atoms with E-state index in [9.17, 15) is 0 Å². The lowest BCUT2D eigenvalue weighted by atomic mass is 9.89. The monoisotopic (exact) mass is 344 g/mol. The summed E-state index contributed by atoms with van der Waals surface area (Å²) >= 11 is 6.06. The van der Waals surface area contributed by atoms with Crippen molar-refractivity contribution in [2.75, 3.05) is 19.7 Å². The number of ether oxygens (including phenoxy) is 1. The molecule has 0 aromatic heterocycles. The first kappa shape index (κ1) is 17.5. The van der Waals surface area contributed by atoms with Gasteiger partial charge in [0, 0.05) is 18.1 Å². The molecule has 1 fully saturated rings. The minimum absolute atomic E-state index is 0.466. The highest BCUT2D eigenvalue weighted by Crippen LogP contribution is 2.25. The van der Waals surface area contributed by atoms with Crippen LogP contribution in [0.4, 0.5) is 0 Å². The molecule has 0 amide bonds. The normalized spacial score (nSPS) is 18.6. The Morgan fingerprint density at radius 1 is 1.08 bits per heavy atom. The van der Waals surface area contributed by atoms with Crippen LogP contribution in [0, 0.1) is 0 Å². The van der Waals surface area contributed by atoms with Gasteiger partial charge in [0.1, 0.15) is 12.6 Å². The average molecular weight is 345 g/mol. The van der Waals surface area contributed by atoms with Gasteiger partial charge in [-0.1, -0.05) is 54.1 Å². The molecule has 128 valence electrons. The van der Waals surface area contributed by atoms with Crippen LogP contribution in [0.25, 0.3) is 0 Å². The Morgan fingerprint density at radius 3 is 2.58 bits per heavy atom. The van der Waals surface area contributed by atoms with E-state index in [4.69, 9.17) is 16.3 Å². The SMILES string of the molecule is Clc1ccc([C@H](CC[NH2+]C[C@@H]2CCCO2)Cc2ccccc2)cc1. The van der Waals surface area contributed by atoms with Crippen LogP contribution in [0.2, 0.25) is 5.02 Å². The molecule has 2 aromatic rings. The Balaban J connectivity index is 1.57. The van der Waals surface area contributed by atoms with E-state index in [1.807, 2.05) is 12.1 Å². The number of benzene rings is 2. The van der Waals surface area contributed by atoms with E-state index < -0.39 is 0 Å². The molecule has 1 saturated heterocycles. The van der Waals surface area contributed by atoms with Crippen molar-refractivity contribution in [2.45, 2.75) is 37.7 Å². The molecule has 1 heterocycles. The zero-order chi connectivity index (χ0) is 16.6. The molecule has 2 atom stereocenters. The molecular formula is C21H27ClNO+. The Kier molecular flexibility index (Phi) is 6.71. The van der Waals surface area contributed by atoms with Gasteiger partial charge in [0.25, 0.3) is 0 Å². The first-order valence-electron chi connectivity index (χ1n) is 9.04. The summed E-state index contributed by atoms with van der Waals surface area (Å²) in [7, 11) is 0. The van der Waals surface area contributed by atoms with Gasteiger partial charge in [-0.15, -0.1) is 0 Å². The molecule has 0 aliphatic carbocycles. The lowest BCUT2D eigenvalue weighted by Gasteiger charge is -2.18. The molecule has 1 aliphatic rings. The quantitative estimate of drug-likeness (QED) is 0.724. The van der Waals surface area contributed by atoms with E-state index in [-0.39, 0.29) is 0 Å². The van der Waals surface area contributed by atoms with Crippen molar-refractivity contribution in [1.82, 2.24) is 0 Å². The standard InChI is InChI=1S/C21H26ClNO/c22-20-10-8-18(9-11-20)19(15-17-5-2-1-3-6-17)12-13-23-16-21-7-4-14-24-21/h1-3,5-6,8-11,19,21,23H,4,7,12-16H2/p+1/t19-,21+/m1/s1. The third-order valence-corrected chi connectivity index (χ3v) is 5.09. The molecule has 0 bridgehead atoms. The summed E-state index contributed by atoms with van der Waals surface area (Å²) in [5.41, 5.74) is 2.78. The number of halogens is 1. The second-order valence-electron chi connectivity index (χ2n) is 6.67. The number of quaternary nitrogens is 1. The van der Waals surface area contributed by atoms with Crippen LogP contribution in [0.5, 0.6) is 0 Å². The summed E-state index contributed by atoms with van der Waals surface area (Å²) in [5.74, 6) is 0.533. The molecular weight excluding hydrogens is 318 g/mol. The lowest BCUT2D eigenvalue weighted by molar-refractivity contribution is -0.661. The summed E-state index contributed by atoms with van der Waals surface area (Å²) in [4.78, 5) is 0. The minimum atomic E-state index is 0.466. The molecule has 24 heavy (non-hydrogen) atoms. The third-order valence-electron chi connectivity index (χ3n) is 4.84. The van der Waals surface area contributed by atoms with Crippen LogP contribution in [0.1, 0.15) is 36.3 Å². The topological polar surface area (TPSA) is 25.8 Å². The fourth-order valence-corrected chi connectivity index (χ4v) is 3.60. The maximum Gasteiger partial charge on any atom is 0.106 e. The summed E-state index contributed by atoms with van der Waals surface area (Å²) in [5, 5.41) is 3.23. The van der Waals surface area contributed by atoms with Crippen molar-refractivity contribution in [3.05, 3.63) is 70.7 Å². The van der Waals surface area contributed by atoms with Gasteiger partial charge in [0.05, 0.1) is 6.54 Å². The highest BCUT2D eigenvalue weighted by atomic mass is 35.5. The van der Waals surface area contributed by atoms with Gasteiger partial charge < -0.3 is 10.1 Å². The molecule has 0 saturated carbocycles. The molecule has 3 heteroatoms. The summed E-state index contributed by atoms with van der Waals surface area (Å²) in [6, 6.07) is 19.1. The molecule has 0 unspecified atom stereocenters. The molecule has 0 spiro atoms. The van der Waals surface area contributed by atoms with E-state index in [1.54, 1.807) is 0 Å². The second kappa shape index (κ2) is 9.22. The largest absolute Gasteiger partial charge is 0.372 e. The van der Waals surface area contributed by atoms with E-state index in [0.29, 0.717) is 12.0 Å². The van der Waals surface area contributed by atoms with Crippen LogP contribution in [0.3, 0.4) is 0 Å². The number of hydrogen-bond donors (Lipinski definition) is 1. The van der Waals surface area contributed by atoms with Crippen molar-refractivity contribution in [3.63, 3.8) is 0 Å². The Morgan fingerprint density at radius 2 is 1.88 bits per heavy atom. The maximum atomic E-state index is 6.06. The third kappa shape index (κ3) is 5.34. The Labute approximate surface area is 150 Å². The fraction of sp³-hybridized carbons (Fsp3) is 0.429. The molecule has 2 nitrogen and oxygen atoms in total. The smallest absolute Gasteiger partial charge is 0.106 e. The zero-order valence-corrected chi connectivity index (χ0v) is 14.9. The van der Waals surface area contributed by atoms with Gasteiger partial charge in [-0.25, -0.2) is 0 Å². The maximum absolute atomic E-state index is 6.06. The van der Waals surface area contributed by atoms with Crippen LogP contribution in [-0.4, -0.2) is 25.8 Å². The van der Waals surface area contributed by atoms with Crippen molar-refractivity contribution in [2.24, 2.45) is 0 Å². The van der Waals surface area contributed by atoms with Crippen molar-refractivity contribution < 1.29 is 10.1 Å². The summed E-state index contributed by atoms with van der Waals surface area (Å²) in [6.07, 6.45) is 5.16. The van der Waals surface area contributed by atoms with Crippen LogP contribution >= 0.6 is 11.6 Å². The van der Waals surface area contributed by atoms with Crippen molar-refractivity contribution >= 4 is 11.6 Å². The van der Waals surface area contributed by atoms with E-state index in [2.05, 4.69) is 47.8 Å². The molecule has 2 aromatic carbocycles. The van der Waals surface area contributed by atoms with E-state index in [1.165, 1.54) is 30.4 Å². The zero-order valence-electron chi connectivity index (χ0n) is 14.2. The predicted molar refractivity (Wildman–Crippen MR) is 99.6 cm³/mol. The van der Waals surface area contributed by atoms with Gasteiger partial charge in [-0.3, -0.25) is 0 Å². The van der Waals surface area contributed by atoms with Gasteiger partial charge in [0.15, 0.2) is 0 Å². The Bertz CT molecular complexity index is 593. The first-order chi connectivity index (χ1) is 11.8. The Hall–Kier alpha value is -1.35. The molecule has 3 rings (SSSR count). The highest BCUT2D eigenvalue weighted by Gasteiger charge is 2.18. The second-order valence-corrected chi connectivity index (χ2v) is 7.11. The number of hydrogen-bond acceptors (Lipinski definition) is 1. The van der Waals surface area contributed by atoms with Crippen molar-refractivity contribution in [3.8, 4) is 0 Å². The summed E-state index contributed by atoms with van der Waals surface area (Å²) in [6.45, 7) is 3.18. The molecule has 2 N–H and O–H groups in total.